The monoisotopic (exact) mass is 156 g/mol. The van der Waals surface area contributed by atoms with E-state index in [1.807, 2.05) is 0 Å². The molecule has 0 saturated heterocycles. The first-order chi connectivity index (χ1) is 5.20. The zero-order chi connectivity index (χ0) is 8.69. The highest BCUT2D eigenvalue weighted by molar-refractivity contribution is 4.66. The second-order valence-electron chi connectivity index (χ2n) is 4.08. The van der Waals surface area contributed by atoms with Gasteiger partial charge < -0.3 is 0 Å². The average Bonchev–Trinajstić information content (AvgIpc) is 1.88. The van der Waals surface area contributed by atoms with E-state index in [1.165, 1.54) is 32.1 Å². The predicted octanol–water partition coefficient (Wildman–Crippen LogP) is 4.25. The fraction of sp³-hybridized carbons (Fsp3) is 1.00. The summed E-state index contributed by atoms with van der Waals surface area (Å²) in [5.74, 6) is 2.03. The molecule has 0 nitrogen and oxygen atoms in total. The maximum absolute atomic E-state index is 2.37. The van der Waals surface area contributed by atoms with E-state index in [9.17, 15) is 0 Å². The molecule has 0 aliphatic heterocycles. The topological polar surface area (TPSA) is 0 Å². The second kappa shape index (κ2) is 6.69. The van der Waals surface area contributed by atoms with Crippen molar-refractivity contribution in [3.63, 3.8) is 0 Å². The van der Waals surface area contributed by atoms with Gasteiger partial charge >= 0.3 is 0 Å². The molecule has 68 valence electrons. The van der Waals surface area contributed by atoms with Crippen LogP contribution >= 0.6 is 0 Å². The fourth-order valence-corrected chi connectivity index (χ4v) is 1.74. The van der Waals surface area contributed by atoms with E-state index in [0.717, 1.165) is 11.8 Å². The maximum Gasteiger partial charge on any atom is -0.0440 e. The molecule has 0 N–H and O–H groups in total. The first-order valence-corrected chi connectivity index (χ1v) is 5.20. The minimum Gasteiger partial charge on any atom is -0.0656 e. The van der Waals surface area contributed by atoms with Crippen molar-refractivity contribution in [1.82, 2.24) is 0 Å². The lowest BCUT2D eigenvalue weighted by Gasteiger charge is -2.22. The van der Waals surface area contributed by atoms with Gasteiger partial charge in [0.05, 0.1) is 0 Å². The molecule has 1 rings (SSSR count). The largest absolute Gasteiger partial charge is 0.0656 e. The summed E-state index contributed by atoms with van der Waals surface area (Å²) in [5, 5.41) is 0. The van der Waals surface area contributed by atoms with Crippen LogP contribution in [-0.4, -0.2) is 0 Å². The molecule has 2 atom stereocenters. The summed E-state index contributed by atoms with van der Waals surface area (Å²) in [4.78, 5) is 0. The third-order valence-electron chi connectivity index (χ3n) is 2.20. The van der Waals surface area contributed by atoms with Crippen molar-refractivity contribution >= 4 is 0 Å². The van der Waals surface area contributed by atoms with Crippen molar-refractivity contribution in [2.24, 2.45) is 11.8 Å². The second-order valence-corrected chi connectivity index (χ2v) is 4.08. The summed E-state index contributed by atoms with van der Waals surface area (Å²) in [6.45, 7) is 8.99. The van der Waals surface area contributed by atoms with E-state index >= 15 is 0 Å². The van der Waals surface area contributed by atoms with Crippen LogP contribution in [-0.2, 0) is 0 Å². The summed E-state index contributed by atoms with van der Waals surface area (Å²) in [6.07, 6.45) is 7.15. The molecule has 0 heterocycles. The van der Waals surface area contributed by atoms with Gasteiger partial charge in [-0.1, -0.05) is 53.4 Å². The number of hydrogen-bond donors (Lipinski definition) is 0. The van der Waals surface area contributed by atoms with E-state index in [4.69, 9.17) is 0 Å². The van der Waals surface area contributed by atoms with Gasteiger partial charge in [0, 0.05) is 0 Å². The Morgan fingerprint density at radius 1 is 1.00 bits per heavy atom. The minimum atomic E-state index is 1.01. The van der Waals surface area contributed by atoms with Gasteiger partial charge in [-0.05, 0) is 18.3 Å². The van der Waals surface area contributed by atoms with Gasteiger partial charge in [0.25, 0.3) is 0 Å². The molecular weight excluding hydrogens is 132 g/mol. The van der Waals surface area contributed by atoms with E-state index < -0.39 is 0 Å². The first-order valence-electron chi connectivity index (χ1n) is 5.20. The van der Waals surface area contributed by atoms with Crippen LogP contribution in [0.1, 0.15) is 59.8 Å². The lowest BCUT2D eigenvalue weighted by Crippen LogP contribution is -2.09. The van der Waals surface area contributed by atoms with Crippen LogP contribution < -0.4 is 0 Å². The van der Waals surface area contributed by atoms with Gasteiger partial charge in [-0.3, -0.25) is 0 Å². The molecule has 0 amide bonds. The van der Waals surface area contributed by atoms with Crippen LogP contribution in [0.5, 0.6) is 0 Å². The van der Waals surface area contributed by atoms with E-state index in [2.05, 4.69) is 27.7 Å². The number of hydrogen-bond acceptors (Lipinski definition) is 0. The molecular formula is C11H24. The molecule has 0 bridgehead atoms. The van der Waals surface area contributed by atoms with Gasteiger partial charge in [-0.15, -0.1) is 0 Å². The van der Waals surface area contributed by atoms with Crippen LogP contribution in [0, 0.1) is 11.8 Å². The lowest BCUT2D eigenvalue weighted by atomic mass is 9.84. The van der Waals surface area contributed by atoms with Crippen molar-refractivity contribution in [2.45, 2.75) is 59.8 Å². The fourth-order valence-electron chi connectivity index (χ4n) is 1.74. The van der Waals surface area contributed by atoms with Crippen LogP contribution in [0.2, 0.25) is 0 Å². The molecule has 0 aromatic rings. The van der Waals surface area contributed by atoms with Gasteiger partial charge in [0.1, 0.15) is 0 Å². The zero-order valence-electron chi connectivity index (χ0n) is 8.69. The molecule has 1 saturated carbocycles. The standard InChI is InChI=1S/C8H16.C3H8/c1-7-4-3-5-8(2)6-7;1-3-2/h7-8H,3-6H2,1-2H3;3H2,1-2H3. The molecule has 1 aliphatic carbocycles. The molecule has 1 aliphatic rings. The third kappa shape index (κ3) is 6.40. The molecule has 0 aromatic carbocycles. The highest BCUT2D eigenvalue weighted by Gasteiger charge is 2.13. The van der Waals surface area contributed by atoms with Crippen LogP contribution in [0.4, 0.5) is 0 Å². The summed E-state index contributed by atoms with van der Waals surface area (Å²) < 4.78 is 0. The van der Waals surface area contributed by atoms with Gasteiger partial charge in [0.15, 0.2) is 0 Å². The van der Waals surface area contributed by atoms with Gasteiger partial charge in [-0.25, -0.2) is 0 Å². The Balaban J connectivity index is 0.000000292. The smallest absolute Gasteiger partial charge is 0.0440 e. The average molecular weight is 156 g/mol. The Kier molecular flexibility index (Phi) is 6.69. The van der Waals surface area contributed by atoms with Crippen molar-refractivity contribution < 1.29 is 0 Å². The van der Waals surface area contributed by atoms with Crippen LogP contribution in [0.15, 0.2) is 0 Å². The Morgan fingerprint density at radius 2 is 1.36 bits per heavy atom. The highest BCUT2D eigenvalue weighted by Crippen LogP contribution is 2.27. The number of rotatable bonds is 0. The van der Waals surface area contributed by atoms with Crippen LogP contribution in [0.25, 0.3) is 0 Å². The molecule has 0 heteroatoms. The van der Waals surface area contributed by atoms with Crippen molar-refractivity contribution in [1.29, 1.82) is 0 Å². The summed E-state index contributed by atoms with van der Waals surface area (Å²) in [6, 6.07) is 0. The Bertz CT molecular complexity index is 68.1. The quantitative estimate of drug-likeness (QED) is 0.492. The first kappa shape index (κ1) is 11.0. The summed E-state index contributed by atoms with van der Waals surface area (Å²) in [7, 11) is 0. The third-order valence-corrected chi connectivity index (χ3v) is 2.20. The maximum atomic E-state index is 2.37. The minimum absolute atomic E-state index is 1.01. The zero-order valence-corrected chi connectivity index (χ0v) is 8.69. The Labute approximate surface area is 72.4 Å². The Morgan fingerprint density at radius 3 is 1.55 bits per heavy atom. The predicted molar refractivity (Wildman–Crippen MR) is 52.8 cm³/mol. The summed E-state index contributed by atoms with van der Waals surface area (Å²) >= 11 is 0. The molecule has 11 heavy (non-hydrogen) atoms. The molecule has 2 unspecified atom stereocenters. The van der Waals surface area contributed by atoms with Gasteiger partial charge in [0.2, 0.25) is 0 Å². The molecule has 1 fully saturated rings. The Hall–Kier alpha value is 0. The van der Waals surface area contributed by atoms with E-state index in [0.29, 0.717) is 0 Å². The van der Waals surface area contributed by atoms with Crippen molar-refractivity contribution in [3.8, 4) is 0 Å². The van der Waals surface area contributed by atoms with Crippen molar-refractivity contribution in [3.05, 3.63) is 0 Å². The normalized spacial score (nSPS) is 30.5. The van der Waals surface area contributed by atoms with Crippen LogP contribution in [0.3, 0.4) is 0 Å². The highest BCUT2D eigenvalue weighted by atomic mass is 14.2. The van der Waals surface area contributed by atoms with E-state index in [1.54, 1.807) is 0 Å². The molecule has 0 spiro atoms. The molecule has 0 radical (unpaired) electrons. The summed E-state index contributed by atoms with van der Waals surface area (Å²) in [5.41, 5.74) is 0. The van der Waals surface area contributed by atoms with Crippen molar-refractivity contribution in [2.75, 3.05) is 0 Å². The SMILES string of the molecule is CC1CCCC(C)C1.CCC. The van der Waals surface area contributed by atoms with Gasteiger partial charge in [-0.2, -0.15) is 0 Å². The molecule has 0 aromatic heterocycles. The lowest BCUT2D eigenvalue weighted by molar-refractivity contribution is 0.301. The van der Waals surface area contributed by atoms with E-state index in [-0.39, 0.29) is 0 Å².